The van der Waals surface area contributed by atoms with Gasteiger partial charge in [-0.1, -0.05) is 0 Å². The van der Waals surface area contributed by atoms with E-state index in [1.165, 1.54) is 38.8 Å². The van der Waals surface area contributed by atoms with E-state index in [0.29, 0.717) is 0 Å². The van der Waals surface area contributed by atoms with Gasteiger partial charge in [-0.05, 0) is 25.7 Å². The molecule has 0 unspecified atom stereocenters. The van der Waals surface area contributed by atoms with Gasteiger partial charge in [0.2, 0.25) is 0 Å². The first-order valence-electron chi connectivity index (χ1n) is 8.06. The van der Waals surface area contributed by atoms with E-state index in [2.05, 4.69) is 42.3 Å². The molecule has 2 atom stereocenters. The van der Waals surface area contributed by atoms with E-state index < -0.39 is 24.1 Å². The normalized spacial score (nSPS) is 14.3. The highest BCUT2D eigenvalue weighted by Gasteiger charge is 2.17. The molecule has 0 rings (SSSR count). The molecule has 0 aliphatic rings. The van der Waals surface area contributed by atoms with E-state index in [1.54, 1.807) is 0 Å². The summed E-state index contributed by atoms with van der Waals surface area (Å²) in [6.45, 7) is 2.62. The minimum atomic E-state index is -2.44. The number of hydrogen-bond donors (Lipinski definition) is 2. The second kappa shape index (κ2) is 11.4. The average molecular weight is 350 g/mol. The Labute approximate surface area is 145 Å². The molecule has 0 aromatic heterocycles. The van der Waals surface area contributed by atoms with Gasteiger partial charge in [-0.2, -0.15) is 0 Å². The molecule has 0 amide bonds. The van der Waals surface area contributed by atoms with E-state index in [4.69, 9.17) is 10.2 Å². The molecular weight excluding hydrogens is 316 g/mol. The quantitative estimate of drug-likeness (QED) is 0.324. The topological polar surface area (TPSA) is 121 Å². The maximum Gasteiger partial charge on any atom is 0.124 e. The van der Waals surface area contributed by atoms with Crippen LogP contribution >= 0.6 is 0 Å². The summed E-state index contributed by atoms with van der Waals surface area (Å²) in [6, 6.07) is 0. The van der Waals surface area contributed by atoms with Gasteiger partial charge in [-0.15, -0.1) is 0 Å². The van der Waals surface area contributed by atoms with Crippen LogP contribution in [0.25, 0.3) is 0 Å². The van der Waals surface area contributed by atoms with Crippen molar-refractivity contribution in [2.75, 3.05) is 55.4 Å². The number of quaternary nitrogens is 2. The first kappa shape index (κ1) is 25.0. The standard InChI is InChI=1S/C12H30N2.C4H6O6/c1-13(2,3)11-9-7-8-10-12-14(4,5)6;5-1(3(7)8)2(6)4(9)10/h7-12H2,1-6H3;1-2,5-6H,(H,7,8)(H,9,10)/q+2;/p-2/t;1-,2+. The number of hydrogen-bond acceptors (Lipinski definition) is 6. The van der Waals surface area contributed by atoms with E-state index in [-0.39, 0.29) is 0 Å². The number of aliphatic carboxylic acids is 2. The third-order valence-electron chi connectivity index (χ3n) is 3.19. The molecule has 0 aliphatic heterocycles. The SMILES string of the molecule is C[N+](C)(C)CCCCCC[N+](C)(C)C.O=C([O-])[C@@H](O)[C@@H](O)C(=O)[O-]. The first-order valence-corrected chi connectivity index (χ1v) is 8.06. The van der Waals surface area contributed by atoms with Crippen molar-refractivity contribution in [3.63, 3.8) is 0 Å². The van der Waals surface area contributed by atoms with Crippen LogP contribution in [0.5, 0.6) is 0 Å². The van der Waals surface area contributed by atoms with Gasteiger partial charge in [0.25, 0.3) is 0 Å². The molecule has 24 heavy (non-hydrogen) atoms. The van der Waals surface area contributed by atoms with Crippen LogP contribution in [0.3, 0.4) is 0 Å². The van der Waals surface area contributed by atoms with Crippen molar-refractivity contribution in [3.8, 4) is 0 Å². The zero-order valence-corrected chi connectivity index (χ0v) is 15.8. The molecule has 0 aromatic carbocycles. The van der Waals surface area contributed by atoms with Crippen LogP contribution < -0.4 is 10.2 Å². The summed E-state index contributed by atoms with van der Waals surface area (Å²) in [5.41, 5.74) is 0. The number of carboxylic acids is 2. The monoisotopic (exact) mass is 350 g/mol. The van der Waals surface area contributed by atoms with Gasteiger partial charge in [0.05, 0.1) is 67.3 Å². The summed E-state index contributed by atoms with van der Waals surface area (Å²) < 4.78 is 2.21. The minimum Gasteiger partial charge on any atom is -0.547 e. The maximum absolute atomic E-state index is 9.63. The van der Waals surface area contributed by atoms with Crippen molar-refractivity contribution in [3.05, 3.63) is 0 Å². The van der Waals surface area contributed by atoms with E-state index in [1.807, 2.05) is 0 Å². The predicted octanol–water partition coefficient (Wildman–Crippen LogP) is -2.83. The zero-order valence-electron chi connectivity index (χ0n) is 15.8. The molecule has 0 saturated heterocycles. The molecule has 8 heteroatoms. The van der Waals surface area contributed by atoms with Crippen LogP contribution in [-0.4, -0.2) is 98.7 Å². The molecule has 2 N–H and O–H groups in total. The van der Waals surface area contributed by atoms with Crippen LogP contribution in [0.4, 0.5) is 0 Å². The van der Waals surface area contributed by atoms with Crippen molar-refractivity contribution >= 4 is 11.9 Å². The third-order valence-corrected chi connectivity index (χ3v) is 3.19. The van der Waals surface area contributed by atoms with E-state index in [0.717, 1.165) is 8.97 Å². The molecule has 0 aromatic rings. The number of carbonyl (C=O) groups is 2. The van der Waals surface area contributed by atoms with Crippen molar-refractivity contribution in [1.82, 2.24) is 0 Å². The first-order chi connectivity index (χ1) is 10.7. The second-order valence-corrected chi connectivity index (χ2v) is 7.97. The molecule has 0 radical (unpaired) electrons. The maximum atomic E-state index is 9.63. The van der Waals surface area contributed by atoms with Gasteiger partial charge in [0, 0.05) is 0 Å². The summed E-state index contributed by atoms with van der Waals surface area (Å²) in [5.74, 6) is -4.12. The molecule has 0 bridgehead atoms. The minimum absolute atomic E-state index is 1.11. The zero-order chi connectivity index (χ0) is 19.6. The third kappa shape index (κ3) is 17.1. The fraction of sp³-hybridized carbons (Fsp3) is 0.875. The predicted molar refractivity (Wildman–Crippen MR) is 86.3 cm³/mol. The Hall–Kier alpha value is -1.22. The summed E-state index contributed by atoms with van der Waals surface area (Å²) in [6.07, 6.45) is 0.668. The summed E-state index contributed by atoms with van der Waals surface area (Å²) in [5, 5.41) is 35.7. The average Bonchev–Trinajstić information content (AvgIpc) is 2.39. The number of aliphatic hydroxyl groups excluding tert-OH is 2. The largest absolute Gasteiger partial charge is 0.547 e. The van der Waals surface area contributed by atoms with Crippen LogP contribution in [-0.2, 0) is 9.59 Å². The lowest BCUT2D eigenvalue weighted by Gasteiger charge is -2.25. The molecule has 0 fully saturated rings. The fourth-order valence-electron chi connectivity index (χ4n) is 1.78. The van der Waals surface area contributed by atoms with Gasteiger partial charge >= 0.3 is 0 Å². The summed E-state index contributed by atoms with van der Waals surface area (Å²) >= 11 is 0. The second-order valence-electron chi connectivity index (χ2n) is 7.97. The van der Waals surface area contributed by atoms with Crippen molar-refractivity contribution in [2.45, 2.75) is 37.9 Å². The lowest BCUT2D eigenvalue weighted by Crippen LogP contribution is -2.51. The highest BCUT2D eigenvalue weighted by atomic mass is 16.4. The number of unbranched alkanes of at least 4 members (excludes halogenated alkanes) is 3. The highest BCUT2D eigenvalue weighted by molar-refractivity contribution is 5.80. The number of carbonyl (C=O) groups excluding carboxylic acids is 2. The number of rotatable bonds is 10. The van der Waals surface area contributed by atoms with Gasteiger partial charge in [0.15, 0.2) is 0 Å². The Morgan fingerprint density at radius 2 is 0.958 bits per heavy atom. The van der Waals surface area contributed by atoms with Crippen molar-refractivity contribution in [1.29, 1.82) is 0 Å². The van der Waals surface area contributed by atoms with Crippen LogP contribution in [0.1, 0.15) is 25.7 Å². The Morgan fingerprint density at radius 1 is 0.708 bits per heavy atom. The van der Waals surface area contributed by atoms with Crippen LogP contribution in [0, 0.1) is 0 Å². The van der Waals surface area contributed by atoms with Gasteiger partial charge in [-0.3, -0.25) is 0 Å². The smallest absolute Gasteiger partial charge is 0.124 e. The molecule has 0 spiro atoms. The Bertz CT molecular complexity index is 338. The van der Waals surface area contributed by atoms with Gasteiger partial charge < -0.3 is 39.0 Å². The lowest BCUT2D eigenvalue weighted by atomic mass is 10.1. The number of aliphatic hydroxyl groups is 2. The van der Waals surface area contributed by atoms with Crippen molar-refractivity contribution < 1.29 is 39.0 Å². The Morgan fingerprint density at radius 3 is 1.12 bits per heavy atom. The molecule has 0 heterocycles. The molecule has 8 nitrogen and oxygen atoms in total. The Balaban J connectivity index is 0. The number of carboxylic acid groups (broad SMARTS) is 2. The van der Waals surface area contributed by atoms with Gasteiger partial charge in [-0.25, -0.2) is 0 Å². The number of nitrogens with zero attached hydrogens (tertiary/aromatic N) is 2. The summed E-state index contributed by atoms with van der Waals surface area (Å²) in [4.78, 5) is 19.3. The highest BCUT2D eigenvalue weighted by Crippen LogP contribution is 2.05. The molecule has 0 aliphatic carbocycles. The fourth-order valence-corrected chi connectivity index (χ4v) is 1.78. The van der Waals surface area contributed by atoms with Crippen LogP contribution in [0.2, 0.25) is 0 Å². The molecule has 0 saturated carbocycles. The lowest BCUT2D eigenvalue weighted by molar-refractivity contribution is -0.871. The van der Waals surface area contributed by atoms with E-state index in [9.17, 15) is 19.8 Å². The van der Waals surface area contributed by atoms with Crippen LogP contribution in [0.15, 0.2) is 0 Å². The molecule has 144 valence electrons. The summed E-state index contributed by atoms with van der Waals surface area (Å²) in [7, 11) is 13.6. The Kier molecular flexibility index (Phi) is 11.8. The molecular formula is C16H34N2O6. The van der Waals surface area contributed by atoms with E-state index >= 15 is 0 Å². The van der Waals surface area contributed by atoms with Crippen molar-refractivity contribution in [2.24, 2.45) is 0 Å². The van der Waals surface area contributed by atoms with Gasteiger partial charge in [0.1, 0.15) is 12.2 Å².